The van der Waals surface area contributed by atoms with Gasteiger partial charge in [0.05, 0.1) is 5.56 Å². The third kappa shape index (κ3) is 6.54. The summed E-state index contributed by atoms with van der Waals surface area (Å²) in [6.45, 7) is 6.69. The molecule has 0 saturated carbocycles. The van der Waals surface area contributed by atoms with Crippen molar-refractivity contribution >= 4 is 17.2 Å². The minimum Gasteiger partial charge on any atom is -0.492 e. The lowest BCUT2D eigenvalue weighted by atomic mass is 10.2. The van der Waals surface area contributed by atoms with Crippen LogP contribution >= 0.6 is 11.3 Å². The molecule has 0 spiro atoms. The maximum atomic E-state index is 13.7. The van der Waals surface area contributed by atoms with E-state index in [0.29, 0.717) is 41.4 Å². The normalized spacial score (nSPS) is 11.6. The Balaban J connectivity index is 1.84. The van der Waals surface area contributed by atoms with Gasteiger partial charge in [-0.2, -0.15) is 13.2 Å². The third-order valence-corrected chi connectivity index (χ3v) is 6.21. The molecule has 1 N–H and O–H groups in total. The molecule has 1 amide bonds. The number of halogens is 4. The van der Waals surface area contributed by atoms with Gasteiger partial charge in [-0.15, -0.1) is 11.3 Å². The summed E-state index contributed by atoms with van der Waals surface area (Å²) in [5.41, 5.74) is -0.456. The molecule has 0 aliphatic heterocycles. The quantitative estimate of drug-likeness (QED) is 0.371. The summed E-state index contributed by atoms with van der Waals surface area (Å²) < 4.78 is 60.3. The van der Waals surface area contributed by atoms with E-state index in [4.69, 9.17) is 4.74 Å². The van der Waals surface area contributed by atoms with Gasteiger partial charge < -0.3 is 15.0 Å². The van der Waals surface area contributed by atoms with Crippen molar-refractivity contribution in [1.29, 1.82) is 0 Å². The van der Waals surface area contributed by atoms with E-state index in [1.54, 1.807) is 30.3 Å². The lowest BCUT2D eigenvalue weighted by Crippen LogP contribution is -2.27. The SMILES string of the molecule is CCN(CC)CCOc1ccccc1-c1nc(C(F)(F)F)c(C(=O)NCc2cccc(F)c2)s1. The van der Waals surface area contributed by atoms with Gasteiger partial charge in [0, 0.05) is 13.1 Å². The Bertz CT molecular complexity index is 1110. The highest BCUT2D eigenvalue weighted by Gasteiger charge is 2.40. The fraction of sp³-hybridized carbons (Fsp3) is 0.333. The van der Waals surface area contributed by atoms with E-state index in [-0.39, 0.29) is 11.6 Å². The topological polar surface area (TPSA) is 54.5 Å². The van der Waals surface area contributed by atoms with Crippen molar-refractivity contribution < 1.29 is 27.1 Å². The molecule has 2 aromatic carbocycles. The van der Waals surface area contributed by atoms with Crippen LogP contribution in [0.3, 0.4) is 0 Å². The first-order chi connectivity index (χ1) is 16.2. The number of ether oxygens (including phenoxy) is 1. The molecular formula is C24H25F4N3O2S. The highest BCUT2D eigenvalue weighted by Crippen LogP contribution is 2.40. The highest BCUT2D eigenvalue weighted by atomic mass is 32.1. The van der Waals surface area contributed by atoms with Crippen molar-refractivity contribution in [3.8, 4) is 16.3 Å². The average Bonchev–Trinajstić information content (AvgIpc) is 3.27. The molecule has 0 radical (unpaired) electrons. The van der Waals surface area contributed by atoms with Crippen LogP contribution in [-0.2, 0) is 12.7 Å². The number of thiazole rings is 1. The van der Waals surface area contributed by atoms with E-state index in [0.717, 1.165) is 13.1 Å². The summed E-state index contributed by atoms with van der Waals surface area (Å²) in [6, 6.07) is 12.1. The minimum absolute atomic E-state index is 0.0293. The standard InChI is InChI=1S/C24H25F4N3O2S/c1-3-31(4-2)12-13-33-19-11-6-5-10-18(19)23-30-21(24(26,27)28)20(34-23)22(32)29-15-16-8-7-9-17(25)14-16/h5-11,14H,3-4,12-13,15H2,1-2H3,(H,29,32). The molecule has 10 heteroatoms. The third-order valence-electron chi connectivity index (χ3n) is 5.12. The van der Waals surface area contributed by atoms with Gasteiger partial charge in [0.25, 0.3) is 5.91 Å². The number of rotatable bonds is 10. The lowest BCUT2D eigenvalue weighted by Gasteiger charge is -2.18. The summed E-state index contributed by atoms with van der Waals surface area (Å²) in [5.74, 6) is -1.04. The van der Waals surface area contributed by atoms with Crippen LogP contribution in [0.1, 0.15) is 34.8 Å². The van der Waals surface area contributed by atoms with Crippen LogP contribution < -0.4 is 10.1 Å². The van der Waals surface area contributed by atoms with Crippen LogP contribution in [0, 0.1) is 5.82 Å². The van der Waals surface area contributed by atoms with Crippen molar-refractivity contribution in [3.63, 3.8) is 0 Å². The highest BCUT2D eigenvalue weighted by molar-refractivity contribution is 7.17. The van der Waals surface area contributed by atoms with Crippen molar-refractivity contribution in [2.24, 2.45) is 0 Å². The summed E-state index contributed by atoms with van der Waals surface area (Å²) in [5, 5.41) is 2.45. The number of aromatic nitrogens is 1. The molecule has 0 fully saturated rings. The van der Waals surface area contributed by atoms with Crippen LogP contribution in [-0.4, -0.2) is 42.0 Å². The Kier molecular flexibility index (Phi) is 8.62. The number of hydrogen-bond donors (Lipinski definition) is 1. The van der Waals surface area contributed by atoms with Crippen molar-refractivity contribution in [2.75, 3.05) is 26.2 Å². The summed E-state index contributed by atoms with van der Waals surface area (Å²) in [7, 11) is 0. The predicted molar refractivity (Wildman–Crippen MR) is 123 cm³/mol. The van der Waals surface area contributed by atoms with Gasteiger partial charge >= 0.3 is 6.18 Å². The number of benzene rings is 2. The van der Waals surface area contributed by atoms with Crippen LogP contribution in [0.5, 0.6) is 5.75 Å². The smallest absolute Gasteiger partial charge is 0.435 e. The molecule has 182 valence electrons. The van der Waals surface area contributed by atoms with Crippen LogP contribution in [0.25, 0.3) is 10.6 Å². The Morgan fingerprint density at radius 2 is 1.85 bits per heavy atom. The first-order valence-electron chi connectivity index (χ1n) is 10.8. The second kappa shape index (κ2) is 11.4. The monoisotopic (exact) mass is 495 g/mol. The van der Waals surface area contributed by atoms with Crippen LogP contribution in [0.4, 0.5) is 17.6 Å². The number of nitrogens with zero attached hydrogens (tertiary/aromatic N) is 2. The largest absolute Gasteiger partial charge is 0.492 e. The molecule has 0 atom stereocenters. The van der Waals surface area contributed by atoms with E-state index in [1.165, 1.54) is 18.2 Å². The number of hydrogen-bond acceptors (Lipinski definition) is 5. The number of para-hydroxylation sites is 1. The second-order valence-corrected chi connectivity index (χ2v) is 8.38. The van der Waals surface area contributed by atoms with E-state index in [2.05, 4.69) is 15.2 Å². The molecule has 1 heterocycles. The summed E-state index contributed by atoms with van der Waals surface area (Å²) >= 11 is 0.641. The number of nitrogens with one attached hydrogen (secondary N) is 1. The van der Waals surface area contributed by atoms with Gasteiger partial charge in [0.15, 0.2) is 5.69 Å². The van der Waals surface area contributed by atoms with Gasteiger partial charge in [-0.25, -0.2) is 9.37 Å². The molecule has 5 nitrogen and oxygen atoms in total. The average molecular weight is 496 g/mol. The fourth-order valence-corrected chi connectivity index (χ4v) is 4.32. The first-order valence-corrected chi connectivity index (χ1v) is 11.6. The summed E-state index contributed by atoms with van der Waals surface area (Å²) in [6.07, 6.45) is -4.82. The fourth-order valence-electron chi connectivity index (χ4n) is 3.28. The number of carbonyl (C=O) groups excluding carboxylic acids is 1. The maximum Gasteiger partial charge on any atom is 0.435 e. The molecule has 34 heavy (non-hydrogen) atoms. The van der Waals surface area contributed by atoms with Crippen LogP contribution in [0.2, 0.25) is 0 Å². The minimum atomic E-state index is -4.82. The van der Waals surface area contributed by atoms with Gasteiger partial charge in [0.2, 0.25) is 0 Å². The first kappa shape index (κ1) is 25.6. The van der Waals surface area contributed by atoms with E-state index in [9.17, 15) is 22.4 Å². The molecular weight excluding hydrogens is 470 g/mol. The summed E-state index contributed by atoms with van der Waals surface area (Å²) in [4.78, 5) is 18.0. The zero-order valence-electron chi connectivity index (χ0n) is 18.8. The molecule has 1 aromatic heterocycles. The lowest BCUT2D eigenvalue weighted by molar-refractivity contribution is -0.141. The Morgan fingerprint density at radius 1 is 1.12 bits per heavy atom. The molecule has 0 bridgehead atoms. The zero-order chi connectivity index (χ0) is 24.7. The second-order valence-electron chi connectivity index (χ2n) is 7.38. The number of alkyl halides is 3. The Labute approximate surface area is 199 Å². The molecule has 3 rings (SSSR count). The van der Waals surface area contributed by atoms with E-state index >= 15 is 0 Å². The van der Waals surface area contributed by atoms with E-state index in [1.807, 2.05) is 13.8 Å². The zero-order valence-corrected chi connectivity index (χ0v) is 19.6. The van der Waals surface area contributed by atoms with Crippen LogP contribution in [0.15, 0.2) is 48.5 Å². The molecule has 3 aromatic rings. The molecule has 0 aliphatic rings. The number of likely N-dealkylation sites (N-methyl/N-ethyl adjacent to an activating group) is 1. The Hall–Kier alpha value is -2.98. The van der Waals surface area contributed by atoms with Crippen molar-refractivity contribution in [2.45, 2.75) is 26.6 Å². The number of amides is 1. The Morgan fingerprint density at radius 3 is 2.53 bits per heavy atom. The van der Waals surface area contributed by atoms with Crippen molar-refractivity contribution in [3.05, 3.63) is 70.5 Å². The van der Waals surface area contributed by atoms with E-state index < -0.39 is 28.5 Å². The number of carbonyl (C=O) groups is 1. The van der Waals surface area contributed by atoms with Gasteiger partial charge in [-0.1, -0.05) is 38.1 Å². The maximum absolute atomic E-state index is 13.7. The molecule has 0 aliphatic carbocycles. The molecule has 0 saturated heterocycles. The molecule has 0 unspecified atom stereocenters. The predicted octanol–water partition coefficient (Wildman–Crippen LogP) is 5.62. The van der Waals surface area contributed by atoms with Gasteiger partial charge in [0.1, 0.15) is 28.1 Å². The van der Waals surface area contributed by atoms with Gasteiger partial charge in [-0.05, 0) is 42.9 Å². The van der Waals surface area contributed by atoms with Gasteiger partial charge in [-0.3, -0.25) is 4.79 Å². The van der Waals surface area contributed by atoms with Crippen molar-refractivity contribution in [1.82, 2.24) is 15.2 Å².